The summed E-state index contributed by atoms with van der Waals surface area (Å²) in [7, 11) is -3.98. The van der Waals surface area contributed by atoms with Crippen molar-refractivity contribution in [2.45, 2.75) is 6.92 Å². The average Bonchev–Trinajstić information content (AvgIpc) is 2.11. The summed E-state index contributed by atoms with van der Waals surface area (Å²) in [6.45, 7) is 1.71. The fourth-order valence-electron chi connectivity index (χ4n) is 1.09. The van der Waals surface area contributed by atoms with Crippen LogP contribution in [-0.4, -0.2) is 25.2 Å². The minimum atomic E-state index is -3.98. The Bertz CT molecular complexity index is 556. The number of aliphatic carboxylic acids is 1. The lowest BCUT2D eigenvalue weighted by Crippen LogP contribution is -2.22. The SMILES string of the molecule is Cc1cc(Cl)c(NS(=O)(=O)CC(=O)O)cc1Cl. The van der Waals surface area contributed by atoms with Crippen LogP contribution in [0.1, 0.15) is 5.56 Å². The maximum atomic E-state index is 11.4. The monoisotopic (exact) mass is 297 g/mol. The number of carbonyl (C=O) groups is 1. The molecule has 0 aromatic heterocycles. The van der Waals surface area contributed by atoms with E-state index >= 15 is 0 Å². The first kappa shape index (κ1) is 14.1. The first-order valence-corrected chi connectivity index (χ1v) is 6.80. The van der Waals surface area contributed by atoms with Gasteiger partial charge in [-0.1, -0.05) is 23.2 Å². The number of hydrogen-bond donors (Lipinski definition) is 2. The molecule has 0 atom stereocenters. The summed E-state index contributed by atoms with van der Waals surface area (Å²) < 4.78 is 24.8. The molecule has 0 aliphatic rings. The predicted octanol–water partition coefficient (Wildman–Crippen LogP) is 2.13. The second-order valence-electron chi connectivity index (χ2n) is 3.34. The lowest BCUT2D eigenvalue weighted by atomic mass is 10.2. The fourth-order valence-corrected chi connectivity index (χ4v) is 2.48. The number of carboxylic acids is 1. The van der Waals surface area contributed by atoms with Gasteiger partial charge >= 0.3 is 5.97 Å². The van der Waals surface area contributed by atoms with Gasteiger partial charge < -0.3 is 5.11 Å². The summed E-state index contributed by atoms with van der Waals surface area (Å²) in [6, 6.07) is 2.82. The van der Waals surface area contributed by atoms with Crippen LogP contribution in [0.2, 0.25) is 10.0 Å². The zero-order valence-corrected chi connectivity index (χ0v) is 11.0. The molecule has 0 bridgehead atoms. The molecule has 1 aromatic rings. The van der Waals surface area contributed by atoms with E-state index in [0.717, 1.165) is 0 Å². The van der Waals surface area contributed by atoms with Crippen LogP contribution in [0.4, 0.5) is 5.69 Å². The molecule has 0 aliphatic heterocycles. The first-order chi connectivity index (χ1) is 7.71. The van der Waals surface area contributed by atoms with Gasteiger partial charge in [0.2, 0.25) is 10.0 Å². The Morgan fingerprint density at radius 3 is 2.47 bits per heavy atom. The molecule has 0 fully saturated rings. The van der Waals surface area contributed by atoms with Gasteiger partial charge in [-0.2, -0.15) is 0 Å². The molecule has 0 aliphatic carbocycles. The van der Waals surface area contributed by atoms with Crippen LogP contribution in [-0.2, 0) is 14.8 Å². The lowest BCUT2D eigenvalue weighted by molar-refractivity contribution is -0.134. The quantitative estimate of drug-likeness (QED) is 0.892. The fraction of sp³-hybridized carbons (Fsp3) is 0.222. The summed E-state index contributed by atoms with van der Waals surface area (Å²) in [6.07, 6.45) is 0. The van der Waals surface area contributed by atoms with Gasteiger partial charge in [0, 0.05) is 5.02 Å². The van der Waals surface area contributed by atoms with Gasteiger partial charge in [-0.3, -0.25) is 9.52 Å². The van der Waals surface area contributed by atoms with Crippen molar-refractivity contribution in [1.82, 2.24) is 0 Å². The molecule has 5 nitrogen and oxygen atoms in total. The molecule has 8 heteroatoms. The Morgan fingerprint density at radius 2 is 1.94 bits per heavy atom. The Morgan fingerprint density at radius 1 is 1.35 bits per heavy atom. The largest absolute Gasteiger partial charge is 0.480 e. The van der Waals surface area contributed by atoms with Crippen LogP contribution in [0.25, 0.3) is 0 Å². The predicted molar refractivity (Wildman–Crippen MR) is 66.2 cm³/mol. The van der Waals surface area contributed by atoms with Crippen LogP contribution >= 0.6 is 23.2 Å². The summed E-state index contributed by atoms with van der Waals surface area (Å²) in [5.74, 6) is -2.48. The number of rotatable bonds is 4. The van der Waals surface area contributed by atoms with Crippen molar-refractivity contribution < 1.29 is 18.3 Å². The van der Waals surface area contributed by atoms with E-state index in [1.165, 1.54) is 12.1 Å². The van der Waals surface area contributed by atoms with E-state index in [-0.39, 0.29) is 10.7 Å². The second kappa shape index (κ2) is 5.12. The van der Waals surface area contributed by atoms with Crippen LogP contribution in [0, 0.1) is 6.92 Å². The van der Waals surface area contributed by atoms with Crippen LogP contribution in [0.5, 0.6) is 0 Å². The van der Waals surface area contributed by atoms with Crippen LogP contribution < -0.4 is 4.72 Å². The molecule has 0 spiro atoms. The van der Waals surface area contributed by atoms with Gasteiger partial charge in [0.05, 0.1) is 10.7 Å². The van der Waals surface area contributed by atoms with Crippen molar-refractivity contribution in [2.75, 3.05) is 10.5 Å². The van der Waals surface area contributed by atoms with Gasteiger partial charge in [0.1, 0.15) is 0 Å². The molecule has 0 saturated heterocycles. The van der Waals surface area contributed by atoms with Crippen molar-refractivity contribution in [1.29, 1.82) is 0 Å². The van der Waals surface area contributed by atoms with Gasteiger partial charge in [-0.05, 0) is 24.6 Å². The van der Waals surface area contributed by atoms with Crippen LogP contribution in [0.3, 0.4) is 0 Å². The average molecular weight is 298 g/mol. The molecule has 0 amide bonds. The van der Waals surface area contributed by atoms with Crippen LogP contribution in [0.15, 0.2) is 12.1 Å². The molecular weight excluding hydrogens is 289 g/mol. The highest BCUT2D eigenvalue weighted by Gasteiger charge is 2.17. The normalized spacial score (nSPS) is 11.2. The Balaban J connectivity index is 3.04. The highest BCUT2D eigenvalue weighted by atomic mass is 35.5. The summed E-state index contributed by atoms with van der Waals surface area (Å²) >= 11 is 11.6. The molecule has 1 rings (SSSR count). The zero-order chi connectivity index (χ0) is 13.2. The van der Waals surface area contributed by atoms with Crippen molar-refractivity contribution in [3.05, 3.63) is 27.7 Å². The highest BCUT2D eigenvalue weighted by molar-refractivity contribution is 7.93. The highest BCUT2D eigenvalue weighted by Crippen LogP contribution is 2.29. The molecule has 1 aromatic carbocycles. The van der Waals surface area contributed by atoms with Gasteiger partial charge in [-0.15, -0.1) is 0 Å². The topological polar surface area (TPSA) is 83.5 Å². The number of benzene rings is 1. The summed E-state index contributed by atoms with van der Waals surface area (Å²) in [5, 5.41) is 8.91. The Labute approximate surface area is 108 Å². The van der Waals surface area contributed by atoms with Gasteiger partial charge in [0.25, 0.3) is 0 Å². The molecule has 0 heterocycles. The van der Waals surface area contributed by atoms with E-state index < -0.39 is 21.7 Å². The molecule has 94 valence electrons. The molecule has 0 saturated carbocycles. The number of aryl methyl sites for hydroxylation is 1. The van der Waals surface area contributed by atoms with Crippen molar-refractivity contribution >= 4 is 44.9 Å². The third kappa shape index (κ3) is 4.07. The molecule has 17 heavy (non-hydrogen) atoms. The maximum Gasteiger partial charge on any atom is 0.320 e. The number of halogens is 2. The van der Waals surface area contributed by atoms with Crippen molar-refractivity contribution in [3.8, 4) is 0 Å². The summed E-state index contributed by atoms with van der Waals surface area (Å²) in [5.41, 5.74) is 0.751. The Hall–Kier alpha value is -0.980. The van der Waals surface area contributed by atoms with E-state index in [0.29, 0.717) is 10.6 Å². The van der Waals surface area contributed by atoms with E-state index in [2.05, 4.69) is 4.72 Å². The molecule has 2 N–H and O–H groups in total. The van der Waals surface area contributed by atoms with Crippen molar-refractivity contribution in [3.63, 3.8) is 0 Å². The minimum absolute atomic E-state index is 0.0588. The number of nitrogens with one attached hydrogen (secondary N) is 1. The maximum absolute atomic E-state index is 11.4. The first-order valence-electron chi connectivity index (χ1n) is 4.39. The second-order valence-corrected chi connectivity index (χ2v) is 5.87. The zero-order valence-electron chi connectivity index (χ0n) is 8.70. The van der Waals surface area contributed by atoms with E-state index in [9.17, 15) is 13.2 Å². The minimum Gasteiger partial charge on any atom is -0.480 e. The Kier molecular flexibility index (Phi) is 4.24. The number of carboxylic acid groups (broad SMARTS) is 1. The number of sulfonamides is 1. The standard InChI is InChI=1S/C9H9Cl2NO4S/c1-5-2-7(11)8(3-6(5)10)12-17(15,16)4-9(13)14/h2-3,12H,4H2,1H3,(H,13,14). The van der Waals surface area contributed by atoms with E-state index in [1.54, 1.807) is 6.92 Å². The van der Waals surface area contributed by atoms with Crippen molar-refractivity contribution in [2.24, 2.45) is 0 Å². The van der Waals surface area contributed by atoms with Gasteiger partial charge in [-0.25, -0.2) is 8.42 Å². The lowest BCUT2D eigenvalue weighted by Gasteiger charge is -2.09. The summed E-state index contributed by atoms with van der Waals surface area (Å²) in [4.78, 5) is 10.3. The molecule has 0 unspecified atom stereocenters. The van der Waals surface area contributed by atoms with E-state index in [4.69, 9.17) is 28.3 Å². The molecule has 0 radical (unpaired) electrons. The molecular formula is C9H9Cl2NO4S. The van der Waals surface area contributed by atoms with E-state index in [1.807, 2.05) is 0 Å². The number of anilines is 1. The third-order valence-electron chi connectivity index (χ3n) is 1.83. The van der Waals surface area contributed by atoms with Gasteiger partial charge in [0.15, 0.2) is 5.75 Å². The number of hydrogen-bond acceptors (Lipinski definition) is 3. The smallest absolute Gasteiger partial charge is 0.320 e. The third-order valence-corrected chi connectivity index (χ3v) is 3.71.